The Morgan fingerprint density at radius 3 is 2.21 bits per heavy atom. The molecule has 0 unspecified atom stereocenters. The molecule has 2 aromatic rings. The average Bonchev–Trinajstić information content (AvgIpc) is 2.48. The number of allylic oxidation sites excluding steroid dienone is 1. The number of nitrogens with zero attached hydrogens (tertiary/aromatic N) is 1. The summed E-state index contributed by atoms with van der Waals surface area (Å²) in [5.41, 5.74) is 4.09. The Balaban J connectivity index is 2.23. The van der Waals surface area contributed by atoms with Gasteiger partial charge in [0.1, 0.15) is 5.75 Å². The lowest BCUT2D eigenvalue weighted by atomic mass is 10.0. The van der Waals surface area contributed by atoms with E-state index in [-0.39, 0.29) is 0 Å². The van der Waals surface area contributed by atoms with Crippen LogP contribution in [0.25, 0.3) is 11.6 Å². The molecule has 94 valence electrons. The third-order valence-electron chi connectivity index (χ3n) is 2.97. The van der Waals surface area contributed by atoms with Crippen LogP contribution < -0.4 is 4.74 Å². The first-order chi connectivity index (χ1) is 9.22. The normalized spacial score (nSPS) is 10.9. The highest BCUT2D eigenvalue weighted by Crippen LogP contribution is 2.19. The van der Waals surface area contributed by atoms with Crippen molar-refractivity contribution in [2.45, 2.75) is 6.92 Å². The molecule has 0 aliphatic carbocycles. The van der Waals surface area contributed by atoms with Gasteiger partial charge in [0.05, 0.1) is 18.7 Å². The molecule has 2 rings (SSSR count). The predicted octanol–water partition coefficient (Wildman–Crippen LogP) is 4.13. The zero-order valence-corrected chi connectivity index (χ0v) is 11.1. The lowest BCUT2D eigenvalue weighted by molar-refractivity contribution is 0.415. The lowest BCUT2D eigenvalue weighted by Crippen LogP contribution is -1.83. The second kappa shape index (κ2) is 5.88. The van der Waals surface area contributed by atoms with Gasteiger partial charge in [-0.3, -0.25) is 0 Å². The van der Waals surface area contributed by atoms with Gasteiger partial charge in [0.15, 0.2) is 0 Å². The van der Waals surface area contributed by atoms with Crippen molar-refractivity contribution in [1.29, 1.82) is 5.26 Å². The number of hydrogen-bond acceptors (Lipinski definition) is 2. The molecule has 0 fully saturated rings. The molecular formula is C17H15NO. The van der Waals surface area contributed by atoms with Crippen molar-refractivity contribution in [2.24, 2.45) is 0 Å². The number of benzene rings is 2. The maximum Gasteiger partial charge on any atom is 0.118 e. The summed E-state index contributed by atoms with van der Waals surface area (Å²) in [6, 6.07) is 17.6. The van der Waals surface area contributed by atoms with E-state index in [0.29, 0.717) is 5.56 Å². The standard InChI is InChI=1S/C17H15NO/c1-13(16-7-3-15(12-18)4-8-16)11-14-5-9-17(19-2)10-6-14/h3-11H,1-2H3/b13-11-. The predicted molar refractivity (Wildman–Crippen MR) is 77.7 cm³/mol. The summed E-state index contributed by atoms with van der Waals surface area (Å²) in [5, 5.41) is 8.78. The fourth-order valence-corrected chi connectivity index (χ4v) is 1.84. The van der Waals surface area contributed by atoms with Gasteiger partial charge in [-0.25, -0.2) is 0 Å². The van der Waals surface area contributed by atoms with Gasteiger partial charge in [-0.2, -0.15) is 5.26 Å². The number of ether oxygens (including phenoxy) is 1. The molecule has 0 saturated carbocycles. The van der Waals surface area contributed by atoms with Crippen LogP contribution in [0, 0.1) is 11.3 Å². The topological polar surface area (TPSA) is 33.0 Å². The zero-order chi connectivity index (χ0) is 13.7. The van der Waals surface area contributed by atoms with Crippen molar-refractivity contribution < 1.29 is 4.74 Å². The van der Waals surface area contributed by atoms with Crippen molar-refractivity contribution in [3.63, 3.8) is 0 Å². The van der Waals surface area contributed by atoms with Crippen LogP contribution in [0.5, 0.6) is 5.75 Å². The summed E-state index contributed by atoms with van der Waals surface area (Å²) in [4.78, 5) is 0. The van der Waals surface area contributed by atoms with Gasteiger partial charge >= 0.3 is 0 Å². The van der Waals surface area contributed by atoms with Crippen molar-refractivity contribution >= 4 is 11.6 Å². The van der Waals surface area contributed by atoms with Crippen LogP contribution in [0.1, 0.15) is 23.6 Å². The minimum atomic E-state index is 0.681. The Labute approximate surface area is 113 Å². The third kappa shape index (κ3) is 3.23. The molecule has 2 heteroatoms. The van der Waals surface area contributed by atoms with Gasteiger partial charge in [-0.15, -0.1) is 0 Å². The summed E-state index contributed by atoms with van der Waals surface area (Å²) < 4.78 is 5.13. The summed E-state index contributed by atoms with van der Waals surface area (Å²) in [6.07, 6.45) is 2.11. The Hall–Kier alpha value is -2.53. The van der Waals surface area contributed by atoms with E-state index in [4.69, 9.17) is 10.00 Å². The SMILES string of the molecule is COc1ccc(/C=C(/C)c2ccc(C#N)cc2)cc1. The number of methoxy groups -OCH3 is 1. The van der Waals surface area contributed by atoms with Crippen LogP contribution >= 0.6 is 0 Å². The van der Waals surface area contributed by atoms with E-state index in [0.717, 1.165) is 22.4 Å². The maximum absolute atomic E-state index is 8.78. The first-order valence-corrected chi connectivity index (χ1v) is 6.06. The van der Waals surface area contributed by atoms with Gasteiger partial charge in [0.25, 0.3) is 0 Å². The lowest BCUT2D eigenvalue weighted by Gasteiger charge is -2.03. The van der Waals surface area contributed by atoms with Gasteiger partial charge in [-0.1, -0.05) is 30.3 Å². The van der Waals surface area contributed by atoms with Crippen molar-refractivity contribution in [3.8, 4) is 11.8 Å². The van der Waals surface area contributed by atoms with Crippen LogP contribution in [0.2, 0.25) is 0 Å². The Morgan fingerprint density at radius 1 is 1.05 bits per heavy atom. The molecule has 0 atom stereocenters. The second-order valence-electron chi connectivity index (χ2n) is 4.29. The first-order valence-electron chi connectivity index (χ1n) is 6.06. The molecule has 2 nitrogen and oxygen atoms in total. The van der Waals surface area contributed by atoms with E-state index in [1.807, 2.05) is 48.5 Å². The quantitative estimate of drug-likeness (QED) is 0.766. The molecule has 0 radical (unpaired) electrons. The second-order valence-corrected chi connectivity index (χ2v) is 4.29. The first kappa shape index (κ1) is 12.9. The fraction of sp³-hybridized carbons (Fsp3) is 0.118. The van der Waals surface area contributed by atoms with Gasteiger partial charge in [-0.05, 0) is 47.9 Å². The van der Waals surface area contributed by atoms with Crippen LogP contribution in [-0.2, 0) is 0 Å². The molecule has 19 heavy (non-hydrogen) atoms. The van der Waals surface area contributed by atoms with Crippen molar-refractivity contribution in [2.75, 3.05) is 7.11 Å². The molecule has 0 amide bonds. The largest absolute Gasteiger partial charge is 0.497 e. The molecule has 0 aromatic heterocycles. The third-order valence-corrected chi connectivity index (χ3v) is 2.97. The van der Waals surface area contributed by atoms with Crippen LogP contribution in [-0.4, -0.2) is 7.11 Å². The van der Waals surface area contributed by atoms with E-state index in [1.165, 1.54) is 0 Å². The molecule has 0 N–H and O–H groups in total. The molecule has 0 bridgehead atoms. The molecule has 0 heterocycles. The smallest absolute Gasteiger partial charge is 0.118 e. The van der Waals surface area contributed by atoms with Gasteiger partial charge in [0, 0.05) is 0 Å². The average molecular weight is 249 g/mol. The molecule has 0 spiro atoms. The Bertz CT molecular complexity index is 616. The van der Waals surface area contributed by atoms with E-state index >= 15 is 0 Å². The zero-order valence-electron chi connectivity index (χ0n) is 11.1. The molecule has 2 aromatic carbocycles. The summed E-state index contributed by atoms with van der Waals surface area (Å²) in [6.45, 7) is 2.06. The van der Waals surface area contributed by atoms with Crippen LogP contribution in [0.15, 0.2) is 48.5 Å². The monoisotopic (exact) mass is 249 g/mol. The molecule has 0 saturated heterocycles. The fourth-order valence-electron chi connectivity index (χ4n) is 1.84. The highest BCUT2D eigenvalue weighted by Gasteiger charge is 1.97. The summed E-state index contributed by atoms with van der Waals surface area (Å²) >= 11 is 0. The van der Waals surface area contributed by atoms with Gasteiger partial charge < -0.3 is 4.74 Å². The highest BCUT2D eigenvalue weighted by atomic mass is 16.5. The van der Waals surface area contributed by atoms with E-state index in [9.17, 15) is 0 Å². The van der Waals surface area contributed by atoms with Crippen molar-refractivity contribution in [3.05, 3.63) is 65.2 Å². The summed E-state index contributed by atoms with van der Waals surface area (Å²) in [5.74, 6) is 0.855. The van der Waals surface area contributed by atoms with Gasteiger partial charge in [0.2, 0.25) is 0 Å². The number of hydrogen-bond donors (Lipinski definition) is 0. The minimum Gasteiger partial charge on any atom is -0.497 e. The summed E-state index contributed by atoms with van der Waals surface area (Å²) in [7, 11) is 1.66. The number of nitriles is 1. The van der Waals surface area contributed by atoms with E-state index in [2.05, 4.69) is 19.1 Å². The Kier molecular flexibility index (Phi) is 4.00. The van der Waals surface area contributed by atoms with E-state index in [1.54, 1.807) is 7.11 Å². The molecular weight excluding hydrogens is 234 g/mol. The molecule has 0 aliphatic heterocycles. The highest BCUT2D eigenvalue weighted by molar-refractivity contribution is 5.80. The van der Waals surface area contributed by atoms with Crippen molar-refractivity contribution in [1.82, 2.24) is 0 Å². The molecule has 0 aliphatic rings. The van der Waals surface area contributed by atoms with E-state index < -0.39 is 0 Å². The number of rotatable bonds is 3. The minimum absolute atomic E-state index is 0.681. The van der Waals surface area contributed by atoms with Crippen LogP contribution in [0.3, 0.4) is 0 Å². The Morgan fingerprint density at radius 2 is 1.68 bits per heavy atom. The maximum atomic E-state index is 8.78. The van der Waals surface area contributed by atoms with Crippen LogP contribution in [0.4, 0.5) is 0 Å².